The lowest BCUT2D eigenvalue weighted by Crippen LogP contribution is -2.47. The van der Waals surface area contributed by atoms with Gasteiger partial charge in [0, 0.05) is 38.5 Å². The average Bonchev–Trinajstić information content (AvgIpc) is 3.24. The summed E-state index contributed by atoms with van der Waals surface area (Å²) < 4.78 is 7.20. The first-order valence-corrected chi connectivity index (χ1v) is 9.34. The van der Waals surface area contributed by atoms with Crippen molar-refractivity contribution in [3.8, 4) is 0 Å². The zero-order chi connectivity index (χ0) is 17.5. The van der Waals surface area contributed by atoms with Crippen LogP contribution in [0.3, 0.4) is 0 Å². The number of hydrogen-bond acceptors (Lipinski definition) is 6. The van der Waals surface area contributed by atoms with Crippen molar-refractivity contribution in [1.82, 2.24) is 25.2 Å². The molecule has 0 aromatic carbocycles. The van der Waals surface area contributed by atoms with Crippen molar-refractivity contribution in [3.63, 3.8) is 0 Å². The third kappa shape index (κ3) is 5.49. The van der Waals surface area contributed by atoms with Crippen LogP contribution in [0.15, 0.2) is 6.20 Å². The van der Waals surface area contributed by atoms with Crippen molar-refractivity contribution in [2.24, 2.45) is 5.92 Å². The minimum atomic E-state index is 0.112. The molecule has 0 spiro atoms. The Morgan fingerprint density at radius 1 is 1.36 bits per heavy atom. The monoisotopic (exact) mass is 351 g/mol. The Morgan fingerprint density at radius 3 is 3.00 bits per heavy atom. The number of ether oxygens (including phenoxy) is 1. The second-order valence-electron chi connectivity index (χ2n) is 7.01. The van der Waals surface area contributed by atoms with E-state index in [4.69, 9.17) is 9.84 Å². The van der Waals surface area contributed by atoms with E-state index in [1.54, 1.807) is 0 Å². The zero-order valence-electron chi connectivity index (χ0n) is 14.8. The number of nitrogens with one attached hydrogen (secondary N) is 1. The molecule has 0 bridgehead atoms. The minimum Gasteiger partial charge on any atom is -0.396 e. The first-order valence-electron chi connectivity index (χ1n) is 9.34. The highest BCUT2D eigenvalue weighted by Gasteiger charge is 2.29. The Kier molecular flexibility index (Phi) is 6.77. The van der Waals surface area contributed by atoms with Crippen LogP contribution in [-0.2, 0) is 22.5 Å². The number of aliphatic hydroxyl groups excluding tert-OH is 1. The van der Waals surface area contributed by atoms with E-state index < -0.39 is 0 Å². The van der Waals surface area contributed by atoms with E-state index in [9.17, 15) is 4.79 Å². The smallest absolute Gasteiger partial charge is 0.234 e. The van der Waals surface area contributed by atoms with E-state index in [0.29, 0.717) is 32.1 Å². The maximum absolute atomic E-state index is 12.3. The molecular formula is C17H29N5O3. The molecule has 3 rings (SSSR count). The molecular weight excluding hydrogens is 322 g/mol. The van der Waals surface area contributed by atoms with Crippen LogP contribution in [0.2, 0.25) is 0 Å². The van der Waals surface area contributed by atoms with Gasteiger partial charge in [-0.3, -0.25) is 14.4 Å². The molecule has 25 heavy (non-hydrogen) atoms. The summed E-state index contributed by atoms with van der Waals surface area (Å²) in [5, 5.41) is 20.5. The topological polar surface area (TPSA) is 92.5 Å². The lowest BCUT2D eigenvalue weighted by Gasteiger charge is -2.27. The van der Waals surface area contributed by atoms with Crippen LogP contribution in [0.1, 0.15) is 31.4 Å². The summed E-state index contributed by atoms with van der Waals surface area (Å²) in [4.78, 5) is 14.5. The Morgan fingerprint density at radius 2 is 2.20 bits per heavy atom. The van der Waals surface area contributed by atoms with Crippen LogP contribution >= 0.6 is 0 Å². The molecule has 1 aliphatic heterocycles. The molecule has 2 N–H and O–H groups in total. The molecule has 8 nitrogen and oxygen atoms in total. The molecule has 1 amide bonds. The SMILES string of the molecule is O=C(CN1CCOCC1)N[C@H]1CCC[C@H]1Cn1cc(CCCO)nn1. The summed E-state index contributed by atoms with van der Waals surface area (Å²) in [5.74, 6) is 0.516. The zero-order valence-corrected chi connectivity index (χ0v) is 14.8. The number of aryl methyl sites for hydroxylation is 1. The average molecular weight is 351 g/mol. The Balaban J connectivity index is 1.46. The van der Waals surface area contributed by atoms with Gasteiger partial charge in [0.15, 0.2) is 0 Å². The lowest BCUT2D eigenvalue weighted by atomic mass is 10.0. The summed E-state index contributed by atoms with van der Waals surface area (Å²) in [5.41, 5.74) is 0.917. The highest BCUT2D eigenvalue weighted by Crippen LogP contribution is 2.27. The standard InChI is InChI=1S/C17H29N5O3/c23-8-2-4-15-12-22(20-19-15)11-14-3-1-5-16(14)18-17(24)13-21-6-9-25-10-7-21/h12,14,16,23H,1-11,13H2,(H,18,24)/t14-,16-/m0/s1. The van der Waals surface area contributed by atoms with Crippen LogP contribution in [0.5, 0.6) is 0 Å². The fourth-order valence-electron chi connectivity index (χ4n) is 3.70. The first-order chi connectivity index (χ1) is 12.2. The van der Waals surface area contributed by atoms with Crippen LogP contribution in [0, 0.1) is 5.92 Å². The van der Waals surface area contributed by atoms with E-state index in [-0.39, 0.29) is 18.6 Å². The van der Waals surface area contributed by atoms with Gasteiger partial charge in [-0.15, -0.1) is 5.10 Å². The predicted molar refractivity (Wildman–Crippen MR) is 92.0 cm³/mol. The summed E-state index contributed by atoms with van der Waals surface area (Å²) in [6.45, 7) is 4.51. The second-order valence-corrected chi connectivity index (χ2v) is 7.01. The van der Waals surface area contributed by atoms with Crippen molar-refractivity contribution in [1.29, 1.82) is 0 Å². The molecule has 2 fully saturated rings. The normalized spacial score (nSPS) is 24.5. The molecule has 0 unspecified atom stereocenters. The van der Waals surface area contributed by atoms with E-state index >= 15 is 0 Å². The number of aromatic nitrogens is 3. The molecule has 1 aromatic rings. The van der Waals surface area contributed by atoms with Gasteiger partial charge in [0.25, 0.3) is 0 Å². The molecule has 1 aliphatic carbocycles. The molecule has 0 radical (unpaired) electrons. The van der Waals surface area contributed by atoms with Crippen molar-refractivity contribution in [2.75, 3.05) is 39.5 Å². The van der Waals surface area contributed by atoms with Gasteiger partial charge in [-0.1, -0.05) is 11.6 Å². The van der Waals surface area contributed by atoms with Gasteiger partial charge in [0.05, 0.1) is 25.5 Å². The minimum absolute atomic E-state index is 0.112. The van der Waals surface area contributed by atoms with Crippen LogP contribution in [-0.4, -0.2) is 76.4 Å². The third-order valence-electron chi connectivity index (χ3n) is 5.08. The maximum Gasteiger partial charge on any atom is 0.234 e. The van der Waals surface area contributed by atoms with Gasteiger partial charge in [0.2, 0.25) is 5.91 Å². The fraction of sp³-hybridized carbons (Fsp3) is 0.824. The van der Waals surface area contributed by atoms with Crippen LogP contribution in [0.4, 0.5) is 0 Å². The number of morpholine rings is 1. The van der Waals surface area contributed by atoms with Crippen LogP contribution in [0.25, 0.3) is 0 Å². The van der Waals surface area contributed by atoms with Gasteiger partial charge in [-0.2, -0.15) is 0 Å². The Labute approximate surface area is 148 Å². The number of rotatable bonds is 8. The van der Waals surface area contributed by atoms with Gasteiger partial charge in [-0.25, -0.2) is 0 Å². The number of hydrogen-bond donors (Lipinski definition) is 2. The van der Waals surface area contributed by atoms with E-state index in [1.165, 1.54) is 0 Å². The van der Waals surface area contributed by atoms with E-state index in [0.717, 1.165) is 51.0 Å². The van der Waals surface area contributed by atoms with Crippen molar-refractivity contribution < 1.29 is 14.6 Å². The number of aliphatic hydroxyl groups is 1. The molecule has 1 saturated carbocycles. The van der Waals surface area contributed by atoms with Crippen molar-refractivity contribution in [3.05, 3.63) is 11.9 Å². The van der Waals surface area contributed by atoms with Crippen molar-refractivity contribution in [2.45, 2.75) is 44.7 Å². The van der Waals surface area contributed by atoms with E-state index in [2.05, 4.69) is 20.5 Å². The third-order valence-corrected chi connectivity index (χ3v) is 5.08. The highest BCUT2D eigenvalue weighted by atomic mass is 16.5. The van der Waals surface area contributed by atoms with Crippen molar-refractivity contribution >= 4 is 5.91 Å². The van der Waals surface area contributed by atoms with Gasteiger partial charge < -0.3 is 15.2 Å². The summed E-state index contributed by atoms with van der Waals surface area (Å²) in [6.07, 6.45) is 6.70. The quantitative estimate of drug-likeness (QED) is 0.675. The van der Waals surface area contributed by atoms with E-state index in [1.807, 2.05) is 10.9 Å². The van der Waals surface area contributed by atoms with Gasteiger partial charge in [0.1, 0.15) is 0 Å². The first kappa shape index (κ1) is 18.3. The number of carbonyl (C=O) groups excluding carboxylic acids is 1. The number of amides is 1. The predicted octanol–water partition coefficient (Wildman–Crippen LogP) is -0.180. The molecule has 1 aromatic heterocycles. The van der Waals surface area contributed by atoms with Gasteiger partial charge in [-0.05, 0) is 31.6 Å². The summed E-state index contributed by atoms with van der Waals surface area (Å²) >= 11 is 0. The molecule has 2 aliphatic rings. The summed E-state index contributed by atoms with van der Waals surface area (Å²) in [7, 11) is 0. The molecule has 8 heteroatoms. The highest BCUT2D eigenvalue weighted by molar-refractivity contribution is 5.78. The Bertz CT molecular complexity index is 544. The maximum atomic E-state index is 12.3. The Hall–Kier alpha value is -1.51. The largest absolute Gasteiger partial charge is 0.396 e. The number of nitrogens with zero attached hydrogens (tertiary/aromatic N) is 4. The molecule has 1 saturated heterocycles. The molecule has 140 valence electrons. The number of carbonyl (C=O) groups is 1. The lowest BCUT2D eigenvalue weighted by molar-refractivity contribution is -0.124. The van der Waals surface area contributed by atoms with Crippen LogP contribution < -0.4 is 5.32 Å². The fourth-order valence-corrected chi connectivity index (χ4v) is 3.70. The summed E-state index contributed by atoms with van der Waals surface area (Å²) in [6, 6.07) is 0.221. The van der Waals surface area contributed by atoms with Gasteiger partial charge >= 0.3 is 0 Å². The molecule has 2 atom stereocenters. The second kappa shape index (κ2) is 9.26. The molecule has 2 heterocycles.